The van der Waals surface area contributed by atoms with Crippen LogP contribution in [-0.2, 0) is 0 Å². The van der Waals surface area contributed by atoms with Crippen molar-refractivity contribution in [2.24, 2.45) is 0 Å². The lowest BCUT2D eigenvalue weighted by atomic mass is 10.2. The monoisotopic (exact) mass is 401 g/mol. The van der Waals surface area contributed by atoms with E-state index in [2.05, 4.69) is 31.4 Å². The summed E-state index contributed by atoms with van der Waals surface area (Å²) in [7, 11) is 0. The fourth-order valence-corrected chi connectivity index (χ4v) is 2.32. The molecule has 112 valence electrons. The fraction of sp³-hybridized carbons (Fsp3) is 0. The van der Waals surface area contributed by atoms with Crippen molar-refractivity contribution in [2.45, 2.75) is 0 Å². The third-order valence-electron chi connectivity index (χ3n) is 2.60. The molecule has 0 radical (unpaired) electrons. The van der Waals surface area contributed by atoms with Gasteiger partial charge in [0.25, 0.3) is 11.8 Å². The first-order chi connectivity index (χ1) is 10.5. The molecule has 1 aromatic carbocycles. The van der Waals surface area contributed by atoms with Gasteiger partial charge in [-0.3, -0.25) is 10.1 Å². The third-order valence-corrected chi connectivity index (χ3v) is 3.59. The number of nitrogens with zero attached hydrogens (tertiary/aromatic N) is 2. The molecule has 6 nitrogen and oxygen atoms in total. The van der Waals surface area contributed by atoms with E-state index in [1.807, 2.05) is 0 Å². The zero-order valence-corrected chi connectivity index (χ0v) is 13.7. The number of halogens is 3. The molecule has 2 heterocycles. The van der Waals surface area contributed by atoms with Crippen LogP contribution < -0.4 is 5.32 Å². The Morgan fingerprint density at radius 2 is 1.95 bits per heavy atom. The molecule has 0 aliphatic heterocycles. The van der Waals surface area contributed by atoms with Crippen LogP contribution >= 0.6 is 39.1 Å². The van der Waals surface area contributed by atoms with E-state index in [-0.39, 0.29) is 22.5 Å². The van der Waals surface area contributed by atoms with Crippen molar-refractivity contribution in [3.63, 3.8) is 0 Å². The predicted octanol–water partition coefficient (Wildman–Crippen LogP) is 4.65. The number of hydrogen-bond donors (Lipinski definition) is 1. The van der Waals surface area contributed by atoms with Gasteiger partial charge in [0.15, 0.2) is 10.4 Å². The number of amides is 1. The van der Waals surface area contributed by atoms with Crippen LogP contribution in [0, 0.1) is 0 Å². The largest absolute Gasteiger partial charge is 0.444 e. The number of hydrogen-bond acceptors (Lipinski definition) is 5. The Morgan fingerprint density at radius 3 is 2.68 bits per heavy atom. The number of furan rings is 1. The summed E-state index contributed by atoms with van der Waals surface area (Å²) in [6, 6.07) is 7.81. The normalized spacial score (nSPS) is 10.7. The Balaban J connectivity index is 1.80. The van der Waals surface area contributed by atoms with Crippen molar-refractivity contribution < 1.29 is 13.6 Å². The highest BCUT2D eigenvalue weighted by Gasteiger charge is 2.17. The summed E-state index contributed by atoms with van der Waals surface area (Å²) in [6.07, 6.45) is 0. The minimum atomic E-state index is -0.511. The number of carbonyl (C=O) groups is 1. The average molecular weight is 403 g/mol. The van der Waals surface area contributed by atoms with Gasteiger partial charge in [-0.1, -0.05) is 28.3 Å². The van der Waals surface area contributed by atoms with E-state index in [1.165, 1.54) is 12.1 Å². The molecule has 0 unspecified atom stereocenters. The van der Waals surface area contributed by atoms with Crippen molar-refractivity contribution >= 4 is 51.1 Å². The van der Waals surface area contributed by atoms with Crippen LogP contribution in [0.4, 0.5) is 6.01 Å². The molecule has 1 amide bonds. The van der Waals surface area contributed by atoms with Crippen molar-refractivity contribution in [1.29, 1.82) is 0 Å². The van der Waals surface area contributed by atoms with Crippen LogP contribution in [0.1, 0.15) is 10.4 Å². The minimum Gasteiger partial charge on any atom is -0.444 e. The minimum absolute atomic E-state index is 0.0800. The van der Waals surface area contributed by atoms with Crippen molar-refractivity contribution in [3.8, 4) is 11.7 Å². The summed E-state index contributed by atoms with van der Waals surface area (Å²) in [5, 5.41) is 10.6. The van der Waals surface area contributed by atoms with Crippen molar-refractivity contribution in [1.82, 2.24) is 10.2 Å². The van der Waals surface area contributed by atoms with Crippen LogP contribution in [0.2, 0.25) is 10.0 Å². The van der Waals surface area contributed by atoms with Gasteiger partial charge in [-0.2, -0.15) is 0 Å². The summed E-state index contributed by atoms with van der Waals surface area (Å²) in [5.74, 6) is 0.00202. The second-order valence-corrected chi connectivity index (χ2v) is 5.72. The molecular formula is C13H6BrCl2N3O3. The summed E-state index contributed by atoms with van der Waals surface area (Å²) >= 11 is 15.0. The lowest BCUT2D eigenvalue weighted by molar-refractivity contribution is 0.102. The van der Waals surface area contributed by atoms with E-state index in [0.29, 0.717) is 15.5 Å². The summed E-state index contributed by atoms with van der Waals surface area (Å²) in [4.78, 5) is 12.1. The summed E-state index contributed by atoms with van der Waals surface area (Å²) in [5.41, 5.74) is 0.203. The zero-order chi connectivity index (χ0) is 15.7. The Kier molecular flexibility index (Phi) is 4.19. The summed E-state index contributed by atoms with van der Waals surface area (Å²) in [6.45, 7) is 0. The quantitative estimate of drug-likeness (QED) is 0.689. The molecule has 0 saturated carbocycles. The van der Waals surface area contributed by atoms with Crippen LogP contribution in [0.15, 0.2) is 43.8 Å². The molecule has 0 bridgehead atoms. The van der Waals surface area contributed by atoms with Gasteiger partial charge in [-0.05, 0) is 46.3 Å². The maximum absolute atomic E-state index is 12.1. The van der Waals surface area contributed by atoms with Crippen molar-refractivity contribution in [2.75, 3.05) is 5.32 Å². The van der Waals surface area contributed by atoms with Gasteiger partial charge < -0.3 is 8.83 Å². The lowest BCUT2D eigenvalue weighted by Crippen LogP contribution is -2.12. The number of benzene rings is 1. The molecule has 9 heteroatoms. The molecule has 0 aliphatic carbocycles. The van der Waals surface area contributed by atoms with Crippen LogP contribution in [0.5, 0.6) is 0 Å². The maximum Gasteiger partial charge on any atom is 0.322 e. The predicted molar refractivity (Wildman–Crippen MR) is 84.1 cm³/mol. The highest BCUT2D eigenvalue weighted by atomic mass is 79.9. The van der Waals surface area contributed by atoms with Gasteiger partial charge in [0.2, 0.25) is 0 Å². The second kappa shape index (κ2) is 6.12. The Hall–Kier alpha value is -1.83. The second-order valence-electron chi connectivity index (χ2n) is 4.09. The smallest absolute Gasteiger partial charge is 0.322 e. The number of nitrogens with one attached hydrogen (secondary N) is 1. The molecule has 2 aromatic heterocycles. The van der Waals surface area contributed by atoms with Crippen LogP contribution in [0.25, 0.3) is 11.7 Å². The van der Waals surface area contributed by atoms with E-state index in [1.54, 1.807) is 18.2 Å². The summed E-state index contributed by atoms with van der Waals surface area (Å²) < 4.78 is 11.1. The molecule has 0 spiro atoms. The Bertz CT molecular complexity index is 847. The average Bonchev–Trinajstić information content (AvgIpc) is 3.10. The molecule has 3 aromatic rings. The first kappa shape index (κ1) is 15.1. The number of aromatic nitrogens is 2. The Labute approximate surface area is 142 Å². The number of anilines is 1. The van der Waals surface area contributed by atoms with Gasteiger partial charge >= 0.3 is 6.01 Å². The van der Waals surface area contributed by atoms with Gasteiger partial charge in [-0.15, -0.1) is 5.10 Å². The first-order valence-corrected chi connectivity index (χ1v) is 7.43. The molecule has 3 rings (SSSR count). The highest BCUT2D eigenvalue weighted by Crippen LogP contribution is 2.26. The van der Waals surface area contributed by atoms with E-state index >= 15 is 0 Å². The van der Waals surface area contributed by atoms with Gasteiger partial charge in [0.05, 0.1) is 10.6 Å². The molecule has 1 N–H and O–H groups in total. The van der Waals surface area contributed by atoms with Crippen molar-refractivity contribution in [3.05, 3.63) is 50.6 Å². The topological polar surface area (TPSA) is 81.2 Å². The third kappa shape index (κ3) is 3.16. The molecule has 0 aliphatic rings. The van der Waals surface area contributed by atoms with Crippen LogP contribution in [-0.4, -0.2) is 16.1 Å². The SMILES string of the molecule is O=C(Nc1nnc(-c2ccc(Br)o2)o1)c1cc(Cl)ccc1Cl. The molecular weight excluding hydrogens is 397 g/mol. The van der Waals surface area contributed by atoms with Gasteiger partial charge in [0, 0.05) is 5.02 Å². The van der Waals surface area contributed by atoms with Crippen LogP contribution in [0.3, 0.4) is 0 Å². The van der Waals surface area contributed by atoms with Gasteiger partial charge in [-0.25, -0.2) is 0 Å². The van der Waals surface area contributed by atoms with E-state index in [9.17, 15) is 4.79 Å². The molecule has 0 saturated heterocycles. The lowest BCUT2D eigenvalue weighted by Gasteiger charge is -2.03. The molecule has 0 atom stereocenters. The number of rotatable bonds is 3. The molecule has 0 fully saturated rings. The first-order valence-electron chi connectivity index (χ1n) is 5.88. The zero-order valence-electron chi connectivity index (χ0n) is 10.6. The van der Waals surface area contributed by atoms with E-state index < -0.39 is 5.91 Å². The number of carbonyl (C=O) groups excluding carboxylic acids is 1. The maximum atomic E-state index is 12.1. The molecule has 22 heavy (non-hydrogen) atoms. The van der Waals surface area contributed by atoms with Gasteiger partial charge in [0.1, 0.15) is 0 Å². The van der Waals surface area contributed by atoms with E-state index in [0.717, 1.165) is 0 Å². The Morgan fingerprint density at radius 1 is 1.14 bits per heavy atom. The standard InChI is InChI=1S/C13H6BrCl2N3O3/c14-10-4-3-9(21-10)12-18-19-13(22-12)17-11(20)7-5-6(15)1-2-8(7)16/h1-5H,(H,17,19,20). The highest BCUT2D eigenvalue weighted by molar-refractivity contribution is 9.10. The fourth-order valence-electron chi connectivity index (χ4n) is 1.64. The van der Waals surface area contributed by atoms with E-state index in [4.69, 9.17) is 32.0 Å².